The molecule has 0 bridgehead atoms. The van der Waals surface area contributed by atoms with E-state index in [0.717, 1.165) is 6.42 Å². The number of rotatable bonds is 11. The van der Waals surface area contributed by atoms with E-state index in [2.05, 4.69) is 11.7 Å². The third-order valence-corrected chi connectivity index (χ3v) is 3.64. The highest BCUT2D eigenvalue weighted by Gasteiger charge is 2.04. The van der Waals surface area contributed by atoms with Crippen molar-refractivity contribution < 1.29 is 14.3 Å². The van der Waals surface area contributed by atoms with E-state index in [0.29, 0.717) is 5.75 Å². The smallest absolute Gasteiger partial charge is 0.418 e. The summed E-state index contributed by atoms with van der Waals surface area (Å²) in [4.78, 5) is 11.1. The first kappa shape index (κ1) is 18.5. The molecule has 4 nitrogen and oxygen atoms in total. The number of unbranched alkanes of at least 4 members (excludes halogenated alkanes) is 7. The van der Waals surface area contributed by atoms with Crippen LogP contribution in [0.25, 0.3) is 0 Å². The molecule has 0 radical (unpaired) electrons. The third-order valence-electron chi connectivity index (χ3n) is 3.64. The summed E-state index contributed by atoms with van der Waals surface area (Å²) in [6, 6.07) is 7.56. The summed E-state index contributed by atoms with van der Waals surface area (Å²) in [5.74, 6) is 0.484. The molecule has 0 heterocycles. The van der Waals surface area contributed by atoms with Crippen LogP contribution in [0.4, 0.5) is 4.79 Å². The number of benzene rings is 1. The number of aryl methyl sites for hydroxylation is 1. The number of hydrogen-bond acceptors (Lipinski definition) is 4. The van der Waals surface area contributed by atoms with Crippen LogP contribution < -0.4 is 10.5 Å². The molecule has 0 aliphatic heterocycles. The van der Waals surface area contributed by atoms with Gasteiger partial charge in [-0.15, -0.1) is 0 Å². The van der Waals surface area contributed by atoms with Gasteiger partial charge in [0, 0.05) is 0 Å². The number of nitrogens with two attached hydrogens (primary N) is 1. The highest BCUT2D eigenvalue weighted by Crippen LogP contribution is 2.15. The van der Waals surface area contributed by atoms with E-state index >= 15 is 0 Å². The molecule has 0 saturated heterocycles. The first-order valence-electron chi connectivity index (χ1n) is 8.40. The standard InChI is InChI=1S/C18H29NO3/c1-2-3-4-5-6-7-8-9-10-16-11-13-17(14-12-16)22-18(20)21-15-19/h11-14H,2-10,15,19H2,1H3. The van der Waals surface area contributed by atoms with Gasteiger partial charge in [-0.2, -0.15) is 0 Å². The van der Waals surface area contributed by atoms with Gasteiger partial charge in [-0.1, -0.05) is 64.0 Å². The second kappa shape index (κ2) is 12.0. The van der Waals surface area contributed by atoms with Crippen LogP contribution in [0.5, 0.6) is 5.75 Å². The maximum absolute atomic E-state index is 11.1. The molecular weight excluding hydrogens is 278 g/mol. The van der Waals surface area contributed by atoms with Crippen molar-refractivity contribution in [2.45, 2.75) is 64.7 Å². The molecule has 0 amide bonds. The third kappa shape index (κ3) is 8.67. The van der Waals surface area contributed by atoms with Gasteiger partial charge >= 0.3 is 6.16 Å². The summed E-state index contributed by atoms with van der Waals surface area (Å²) in [5.41, 5.74) is 6.37. The molecule has 1 aromatic rings. The zero-order valence-electron chi connectivity index (χ0n) is 13.7. The Morgan fingerprint density at radius 3 is 2.14 bits per heavy atom. The molecule has 0 unspecified atom stereocenters. The first-order valence-corrected chi connectivity index (χ1v) is 8.40. The summed E-state index contributed by atoms with van der Waals surface area (Å²) in [5, 5.41) is 0. The number of hydrogen-bond donors (Lipinski definition) is 1. The Labute approximate surface area is 134 Å². The zero-order chi connectivity index (χ0) is 16.0. The second-order valence-electron chi connectivity index (χ2n) is 5.53. The molecule has 1 aromatic carbocycles. The lowest BCUT2D eigenvalue weighted by molar-refractivity contribution is 0.102. The van der Waals surface area contributed by atoms with Crippen LogP contribution in [0, 0.1) is 0 Å². The summed E-state index contributed by atoms with van der Waals surface area (Å²) >= 11 is 0. The van der Waals surface area contributed by atoms with Crippen LogP contribution in [-0.2, 0) is 11.2 Å². The van der Waals surface area contributed by atoms with Gasteiger partial charge in [0.05, 0.1) is 0 Å². The van der Waals surface area contributed by atoms with Crippen molar-refractivity contribution in [1.82, 2.24) is 0 Å². The van der Waals surface area contributed by atoms with Gasteiger partial charge in [-0.05, 0) is 30.5 Å². The van der Waals surface area contributed by atoms with Gasteiger partial charge in [0.15, 0.2) is 0 Å². The normalized spacial score (nSPS) is 10.5. The SMILES string of the molecule is CCCCCCCCCCc1ccc(OC(=O)OCN)cc1. The van der Waals surface area contributed by atoms with E-state index in [1.807, 2.05) is 12.1 Å². The molecule has 124 valence electrons. The van der Waals surface area contributed by atoms with Crippen LogP contribution in [0.15, 0.2) is 24.3 Å². The highest BCUT2D eigenvalue weighted by molar-refractivity contribution is 5.63. The van der Waals surface area contributed by atoms with Crippen molar-refractivity contribution in [1.29, 1.82) is 0 Å². The predicted octanol–water partition coefficient (Wildman–Crippen LogP) is 4.80. The van der Waals surface area contributed by atoms with Crippen LogP contribution in [0.3, 0.4) is 0 Å². The van der Waals surface area contributed by atoms with E-state index in [9.17, 15) is 4.79 Å². The van der Waals surface area contributed by atoms with Crippen molar-refractivity contribution in [2.24, 2.45) is 5.73 Å². The fourth-order valence-electron chi connectivity index (χ4n) is 2.38. The minimum Gasteiger partial charge on any atom is -0.418 e. The van der Waals surface area contributed by atoms with Gasteiger partial charge in [0.25, 0.3) is 0 Å². The van der Waals surface area contributed by atoms with Crippen molar-refractivity contribution in [3.63, 3.8) is 0 Å². The van der Waals surface area contributed by atoms with Gasteiger partial charge in [0.1, 0.15) is 12.5 Å². The van der Waals surface area contributed by atoms with Crippen LogP contribution >= 0.6 is 0 Å². The second-order valence-corrected chi connectivity index (χ2v) is 5.53. The van der Waals surface area contributed by atoms with Gasteiger partial charge < -0.3 is 9.47 Å². The zero-order valence-corrected chi connectivity index (χ0v) is 13.7. The first-order chi connectivity index (χ1) is 10.8. The highest BCUT2D eigenvalue weighted by atomic mass is 16.7. The lowest BCUT2D eigenvalue weighted by atomic mass is 10.0. The summed E-state index contributed by atoms with van der Waals surface area (Å²) in [6.07, 6.45) is 10.9. The molecular formula is C18H29NO3. The molecule has 1 rings (SSSR count). The Morgan fingerprint density at radius 1 is 0.955 bits per heavy atom. The van der Waals surface area contributed by atoms with Crippen molar-refractivity contribution in [3.8, 4) is 5.75 Å². The Kier molecular flexibility index (Phi) is 10.1. The minimum atomic E-state index is -0.765. The van der Waals surface area contributed by atoms with E-state index in [4.69, 9.17) is 10.5 Å². The molecule has 0 atom stereocenters. The maximum atomic E-state index is 11.1. The summed E-state index contributed by atoms with van der Waals surface area (Å²) in [7, 11) is 0. The summed E-state index contributed by atoms with van der Waals surface area (Å²) in [6.45, 7) is 2.08. The van der Waals surface area contributed by atoms with E-state index in [-0.39, 0.29) is 6.73 Å². The molecule has 22 heavy (non-hydrogen) atoms. The van der Waals surface area contributed by atoms with Crippen molar-refractivity contribution in [3.05, 3.63) is 29.8 Å². The van der Waals surface area contributed by atoms with E-state index in [1.165, 1.54) is 56.9 Å². The maximum Gasteiger partial charge on any atom is 0.515 e. The van der Waals surface area contributed by atoms with Crippen LogP contribution in [0.2, 0.25) is 0 Å². The Bertz CT molecular complexity index is 403. The Morgan fingerprint density at radius 2 is 1.55 bits per heavy atom. The van der Waals surface area contributed by atoms with Gasteiger partial charge in [0.2, 0.25) is 0 Å². The Hall–Kier alpha value is -1.55. The molecule has 0 aromatic heterocycles. The van der Waals surface area contributed by atoms with Crippen LogP contribution in [0.1, 0.15) is 63.9 Å². The number of carbonyl (C=O) groups is 1. The van der Waals surface area contributed by atoms with E-state index < -0.39 is 6.16 Å². The molecule has 4 heteroatoms. The summed E-state index contributed by atoms with van der Waals surface area (Å²) < 4.78 is 9.48. The minimum absolute atomic E-state index is 0.171. The molecule has 0 fully saturated rings. The Balaban J connectivity index is 2.12. The fourth-order valence-corrected chi connectivity index (χ4v) is 2.38. The van der Waals surface area contributed by atoms with Crippen molar-refractivity contribution in [2.75, 3.05) is 6.73 Å². The van der Waals surface area contributed by atoms with E-state index in [1.54, 1.807) is 12.1 Å². The number of carbonyl (C=O) groups excluding carboxylic acids is 1. The molecule has 2 N–H and O–H groups in total. The number of ether oxygens (including phenoxy) is 2. The van der Waals surface area contributed by atoms with Crippen molar-refractivity contribution >= 4 is 6.16 Å². The monoisotopic (exact) mass is 307 g/mol. The lowest BCUT2D eigenvalue weighted by Gasteiger charge is -2.05. The lowest BCUT2D eigenvalue weighted by Crippen LogP contribution is -2.15. The molecule has 0 saturated carbocycles. The molecule has 0 aliphatic carbocycles. The molecule has 0 aliphatic rings. The van der Waals surface area contributed by atoms with Gasteiger partial charge in [-0.25, -0.2) is 4.79 Å². The molecule has 0 spiro atoms. The quantitative estimate of drug-likeness (QED) is 0.276. The van der Waals surface area contributed by atoms with Crippen LogP contribution in [-0.4, -0.2) is 12.9 Å². The average Bonchev–Trinajstić information content (AvgIpc) is 2.52. The average molecular weight is 307 g/mol. The predicted molar refractivity (Wildman–Crippen MR) is 88.9 cm³/mol. The largest absolute Gasteiger partial charge is 0.515 e. The fraction of sp³-hybridized carbons (Fsp3) is 0.611. The topological polar surface area (TPSA) is 61.5 Å². The van der Waals surface area contributed by atoms with Gasteiger partial charge in [-0.3, -0.25) is 5.73 Å².